The fourth-order valence-corrected chi connectivity index (χ4v) is 12.2. The van der Waals surface area contributed by atoms with Crippen LogP contribution in [0, 0.1) is 5.82 Å². The maximum atomic E-state index is 13.5. The molecule has 4 aromatic rings. The molecule has 0 radical (unpaired) electrons. The highest BCUT2D eigenvalue weighted by Gasteiger charge is 2.48. The highest BCUT2D eigenvalue weighted by Crippen LogP contribution is 2.49. The van der Waals surface area contributed by atoms with E-state index in [1.165, 1.54) is 12.1 Å². The van der Waals surface area contributed by atoms with Gasteiger partial charge in [0.25, 0.3) is 8.32 Å². The summed E-state index contributed by atoms with van der Waals surface area (Å²) in [5, 5.41) is 13.0. The average Bonchev–Trinajstić information content (AvgIpc) is 3.17. The number of carbonyl (C=O) groups is 1. The number of hydrogen-bond donors (Lipinski definition) is 2. The van der Waals surface area contributed by atoms with Gasteiger partial charge in [0.05, 0.1) is 18.1 Å². The number of rotatable bonds is 10. The van der Waals surface area contributed by atoms with Crippen molar-refractivity contribution in [2.24, 2.45) is 7.05 Å². The molecule has 0 atom stereocenters. The Morgan fingerprint density at radius 3 is 2.19 bits per heavy atom. The molecule has 0 aliphatic carbocycles. The van der Waals surface area contributed by atoms with Crippen LogP contribution in [0.4, 0.5) is 4.39 Å². The van der Waals surface area contributed by atoms with E-state index in [0.717, 1.165) is 17.4 Å². The molecular weight excluding hydrogens is 574 g/mol. The van der Waals surface area contributed by atoms with Crippen molar-refractivity contribution in [1.29, 1.82) is 0 Å². The predicted octanol–water partition coefficient (Wildman–Crippen LogP) is 6.33. The number of carbonyl (C=O) groups excluding carboxylic acids is 1. The lowest BCUT2D eigenvalue weighted by Crippen LogP contribution is -2.50. The number of benzene rings is 2. The van der Waals surface area contributed by atoms with Crippen molar-refractivity contribution in [2.45, 2.75) is 71.0 Å². The van der Waals surface area contributed by atoms with E-state index in [-0.39, 0.29) is 34.7 Å². The minimum absolute atomic E-state index is 0.0250. The van der Waals surface area contributed by atoms with Crippen molar-refractivity contribution in [1.82, 2.24) is 14.3 Å². The molecule has 0 spiro atoms. The van der Waals surface area contributed by atoms with Crippen LogP contribution < -0.4 is 9.15 Å². The van der Waals surface area contributed by atoms with Gasteiger partial charge in [0.1, 0.15) is 17.1 Å². The maximum absolute atomic E-state index is 13.5. The van der Waals surface area contributed by atoms with Gasteiger partial charge >= 0.3 is 0 Å². The third-order valence-electron chi connectivity index (χ3n) is 8.13. The Labute approximate surface area is 248 Å². The third-order valence-corrected chi connectivity index (χ3v) is 14.7. The van der Waals surface area contributed by atoms with Gasteiger partial charge in [0.2, 0.25) is 21.8 Å². The highest BCUT2D eigenvalue weighted by molar-refractivity contribution is 7.89. The molecule has 0 saturated heterocycles. The molecule has 11 heteroatoms. The van der Waals surface area contributed by atoms with E-state index in [2.05, 4.69) is 46.3 Å². The third kappa shape index (κ3) is 6.03. The summed E-state index contributed by atoms with van der Waals surface area (Å²) in [6, 6.07) is 8.15. The number of hydrogen-bond acceptors (Lipinski definition) is 6. The summed E-state index contributed by atoms with van der Waals surface area (Å²) in [6.07, 6.45) is 4.60. The van der Waals surface area contributed by atoms with Crippen LogP contribution in [0.25, 0.3) is 21.7 Å². The zero-order valence-corrected chi connectivity index (χ0v) is 27.3. The number of amides is 1. The van der Waals surface area contributed by atoms with E-state index in [4.69, 9.17) is 9.41 Å². The van der Waals surface area contributed by atoms with Crippen LogP contribution in [-0.4, -0.2) is 43.6 Å². The lowest BCUT2D eigenvalue weighted by molar-refractivity contribution is -0.118. The first-order valence-corrected chi connectivity index (χ1v) is 18.1. The second-order valence-electron chi connectivity index (χ2n) is 12.1. The van der Waals surface area contributed by atoms with Gasteiger partial charge in [0.15, 0.2) is 0 Å². The summed E-state index contributed by atoms with van der Waals surface area (Å²) in [6.45, 7) is 13.1. The Kier molecular flexibility index (Phi) is 8.76. The van der Waals surface area contributed by atoms with Crippen LogP contribution in [0.5, 0.6) is 11.6 Å². The second kappa shape index (κ2) is 11.7. The minimum Gasteiger partial charge on any atom is -0.541 e. The number of nitrogens with zero attached hydrogens (tertiary/aromatic N) is 2. The zero-order valence-electron chi connectivity index (χ0n) is 25.4. The zero-order chi connectivity index (χ0) is 31.1. The summed E-state index contributed by atoms with van der Waals surface area (Å²) in [7, 11) is -4.61. The first-order chi connectivity index (χ1) is 19.5. The molecule has 0 fully saturated rings. The Bertz CT molecular complexity index is 1730. The van der Waals surface area contributed by atoms with Gasteiger partial charge in [-0.1, -0.05) is 53.7 Å². The number of aromatic hydroxyl groups is 1. The SMILES string of the molecule is CC(C)[Si](Oc1c2ncc(Cc3ccc(F)cc3)cc2c(CC(=O)NS(C)(=O)=O)c2cn(C)c(O)c12)(C(C)C)C(C)C. The molecule has 2 aromatic heterocycles. The van der Waals surface area contributed by atoms with Gasteiger partial charge in [-0.25, -0.2) is 12.8 Å². The molecule has 2 heterocycles. The molecule has 0 aliphatic heterocycles. The Morgan fingerprint density at radius 1 is 1.05 bits per heavy atom. The van der Waals surface area contributed by atoms with E-state index in [1.807, 2.05) is 6.07 Å². The molecular formula is C31H40FN3O5SSi. The molecule has 2 aromatic carbocycles. The first kappa shape index (κ1) is 31.5. The lowest BCUT2D eigenvalue weighted by atomic mass is 9.96. The van der Waals surface area contributed by atoms with Crippen LogP contribution in [0.15, 0.2) is 42.7 Å². The quantitative estimate of drug-likeness (QED) is 0.202. The highest BCUT2D eigenvalue weighted by atomic mass is 32.2. The lowest BCUT2D eigenvalue weighted by Gasteiger charge is -2.42. The van der Waals surface area contributed by atoms with Crippen LogP contribution in [0.3, 0.4) is 0 Å². The predicted molar refractivity (Wildman–Crippen MR) is 167 cm³/mol. The smallest absolute Gasteiger partial charge is 0.258 e. The van der Waals surface area contributed by atoms with Gasteiger partial charge in [-0.05, 0) is 57.9 Å². The molecule has 0 aliphatic rings. The molecule has 1 amide bonds. The fraction of sp³-hybridized carbons (Fsp3) is 0.419. The van der Waals surface area contributed by atoms with Gasteiger partial charge in [-0.3, -0.25) is 14.5 Å². The van der Waals surface area contributed by atoms with E-state index in [1.54, 1.807) is 36.1 Å². The molecule has 42 heavy (non-hydrogen) atoms. The number of sulfonamides is 1. The Morgan fingerprint density at radius 2 is 1.64 bits per heavy atom. The van der Waals surface area contributed by atoms with E-state index < -0.39 is 24.2 Å². The summed E-state index contributed by atoms with van der Waals surface area (Å²) >= 11 is 0. The van der Waals surface area contributed by atoms with E-state index >= 15 is 0 Å². The molecule has 4 rings (SSSR count). The Hall–Kier alpha value is -3.44. The standard InChI is InChI=1S/C31H40FN3O5SSi/c1-18(2)42(19(3)4,20(5)6)40-30-28-26(17-35(7)31(28)37)24(15-27(36)34-41(8,38)39)25-14-22(16-33-29(25)30)13-21-9-11-23(32)12-10-21/h9-12,14,16-20,37H,13,15H2,1-8H3,(H,34,36). The summed E-state index contributed by atoms with van der Waals surface area (Å²) in [5.74, 6) is -0.573. The van der Waals surface area contributed by atoms with Crippen molar-refractivity contribution in [3.63, 3.8) is 0 Å². The molecule has 8 nitrogen and oxygen atoms in total. The maximum Gasteiger partial charge on any atom is 0.258 e. The molecule has 0 unspecified atom stereocenters. The average molecular weight is 614 g/mol. The summed E-state index contributed by atoms with van der Waals surface area (Å²) in [5.41, 5.74) is 3.46. The largest absolute Gasteiger partial charge is 0.541 e. The van der Waals surface area contributed by atoms with Crippen molar-refractivity contribution in [2.75, 3.05) is 6.26 Å². The summed E-state index contributed by atoms with van der Waals surface area (Å²) < 4.78 is 48.1. The van der Waals surface area contributed by atoms with Gasteiger partial charge in [0, 0.05) is 30.2 Å². The number of nitrogens with one attached hydrogen (secondary N) is 1. The van der Waals surface area contributed by atoms with Crippen LogP contribution in [0.1, 0.15) is 58.2 Å². The van der Waals surface area contributed by atoms with Crippen LogP contribution >= 0.6 is 0 Å². The number of fused-ring (bicyclic) bond motifs is 2. The second-order valence-corrected chi connectivity index (χ2v) is 19.2. The minimum atomic E-state index is -3.79. The number of aromatic nitrogens is 2. The van der Waals surface area contributed by atoms with Crippen molar-refractivity contribution >= 4 is 45.9 Å². The number of pyridine rings is 1. The monoisotopic (exact) mass is 613 g/mol. The van der Waals surface area contributed by atoms with E-state index in [0.29, 0.717) is 39.4 Å². The Balaban J connectivity index is 2.05. The molecule has 0 bridgehead atoms. The fourth-order valence-electron chi connectivity index (χ4n) is 6.41. The number of halogens is 1. The van der Waals surface area contributed by atoms with Gasteiger partial charge in [-0.15, -0.1) is 0 Å². The van der Waals surface area contributed by atoms with Crippen molar-refractivity contribution in [3.8, 4) is 11.6 Å². The van der Waals surface area contributed by atoms with Crippen molar-refractivity contribution in [3.05, 3.63) is 65.2 Å². The van der Waals surface area contributed by atoms with Gasteiger partial charge < -0.3 is 14.1 Å². The van der Waals surface area contributed by atoms with E-state index in [9.17, 15) is 22.7 Å². The van der Waals surface area contributed by atoms with Crippen LogP contribution in [-0.2, 0) is 34.7 Å². The molecule has 2 N–H and O–H groups in total. The van der Waals surface area contributed by atoms with Crippen LogP contribution in [0.2, 0.25) is 16.6 Å². The topological polar surface area (TPSA) is 111 Å². The number of aryl methyl sites for hydroxylation is 1. The summed E-state index contributed by atoms with van der Waals surface area (Å²) in [4.78, 5) is 17.8. The normalized spacial score (nSPS) is 12.7. The van der Waals surface area contributed by atoms with Crippen molar-refractivity contribution < 1.29 is 27.1 Å². The molecule has 0 saturated carbocycles. The first-order valence-electron chi connectivity index (χ1n) is 14.1. The van der Waals surface area contributed by atoms with Gasteiger partial charge in [-0.2, -0.15) is 0 Å². The molecule has 226 valence electrons.